The van der Waals surface area contributed by atoms with Crippen molar-refractivity contribution in [3.8, 4) is 0 Å². The van der Waals surface area contributed by atoms with Gasteiger partial charge >= 0.3 is 0 Å². The molecule has 2 amide bonds. The van der Waals surface area contributed by atoms with Crippen molar-refractivity contribution in [3.63, 3.8) is 0 Å². The third kappa shape index (κ3) is 4.24. The minimum atomic E-state index is -0.410. The summed E-state index contributed by atoms with van der Waals surface area (Å²) >= 11 is 0. The molecule has 0 atom stereocenters. The third-order valence-corrected chi connectivity index (χ3v) is 5.26. The van der Waals surface area contributed by atoms with E-state index in [1.165, 1.54) is 12.1 Å². The molecule has 0 fully saturated rings. The van der Waals surface area contributed by atoms with Crippen molar-refractivity contribution in [3.05, 3.63) is 89.7 Å². The van der Waals surface area contributed by atoms with Crippen molar-refractivity contribution < 1.29 is 14.0 Å². The fourth-order valence-corrected chi connectivity index (χ4v) is 3.60. The summed E-state index contributed by atoms with van der Waals surface area (Å²) in [7, 11) is 3.45. The molecule has 1 aliphatic rings. The highest BCUT2D eigenvalue weighted by molar-refractivity contribution is 6.37. The van der Waals surface area contributed by atoms with Gasteiger partial charge in [0.1, 0.15) is 5.82 Å². The summed E-state index contributed by atoms with van der Waals surface area (Å²) in [6.07, 6.45) is 0. The first kappa shape index (κ1) is 21.3. The van der Waals surface area contributed by atoms with E-state index in [1.54, 1.807) is 25.1 Å². The molecule has 1 aliphatic heterocycles. The molecule has 0 aromatic heterocycles. The van der Waals surface area contributed by atoms with Crippen molar-refractivity contribution >= 4 is 40.1 Å². The van der Waals surface area contributed by atoms with E-state index in [2.05, 4.69) is 16.0 Å². The number of halogens is 1. The number of nitrogens with one attached hydrogen (secondary N) is 3. The summed E-state index contributed by atoms with van der Waals surface area (Å²) in [5.41, 5.74) is 4.46. The van der Waals surface area contributed by atoms with Crippen LogP contribution < -0.4 is 20.9 Å². The second kappa shape index (κ2) is 9.03. The standard InChI is InChI=1S/C25H23FN4O2/c1-27-15-22(31)30(2)19-11-9-18(10-12-19)28-24(16-6-4-3-5-7-16)23-20-13-8-17(26)14-21(20)29-25(23)32/h3-14,27-28H,15H2,1-2H3,(H,29,32)/b24-23-. The van der Waals surface area contributed by atoms with Gasteiger partial charge < -0.3 is 20.9 Å². The molecular formula is C25H23FN4O2. The average Bonchev–Trinajstić information content (AvgIpc) is 3.12. The lowest BCUT2D eigenvalue weighted by Gasteiger charge is -2.19. The van der Waals surface area contributed by atoms with Crippen molar-refractivity contribution in [2.45, 2.75) is 0 Å². The van der Waals surface area contributed by atoms with Gasteiger partial charge in [-0.25, -0.2) is 4.39 Å². The molecule has 3 N–H and O–H groups in total. The Morgan fingerprint density at radius 2 is 1.75 bits per heavy atom. The van der Waals surface area contributed by atoms with E-state index in [4.69, 9.17) is 0 Å². The van der Waals surface area contributed by atoms with E-state index in [9.17, 15) is 14.0 Å². The van der Waals surface area contributed by atoms with E-state index in [0.29, 0.717) is 22.5 Å². The monoisotopic (exact) mass is 430 g/mol. The number of hydrogen-bond donors (Lipinski definition) is 3. The highest BCUT2D eigenvalue weighted by Gasteiger charge is 2.28. The van der Waals surface area contributed by atoms with Crippen LogP contribution >= 0.6 is 0 Å². The lowest BCUT2D eigenvalue weighted by molar-refractivity contribution is -0.117. The first-order chi connectivity index (χ1) is 15.5. The van der Waals surface area contributed by atoms with Crippen molar-refractivity contribution in [1.82, 2.24) is 5.32 Å². The maximum Gasteiger partial charge on any atom is 0.258 e. The minimum absolute atomic E-state index is 0.0493. The van der Waals surface area contributed by atoms with Crippen LogP contribution in [0.2, 0.25) is 0 Å². The van der Waals surface area contributed by atoms with Crippen LogP contribution in [0, 0.1) is 5.82 Å². The van der Waals surface area contributed by atoms with Gasteiger partial charge in [-0.05, 0) is 55.1 Å². The summed E-state index contributed by atoms with van der Waals surface area (Å²) in [5, 5.41) is 8.95. The van der Waals surface area contributed by atoms with E-state index in [-0.39, 0.29) is 18.4 Å². The number of anilines is 3. The van der Waals surface area contributed by atoms with Crippen LogP contribution in [0.15, 0.2) is 72.8 Å². The molecule has 1 heterocycles. The molecule has 0 saturated carbocycles. The molecule has 3 aromatic rings. The zero-order chi connectivity index (χ0) is 22.7. The third-order valence-electron chi connectivity index (χ3n) is 5.26. The Labute approximate surface area is 185 Å². The van der Waals surface area contributed by atoms with Gasteiger partial charge in [-0.15, -0.1) is 0 Å². The average molecular weight is 430 g/mol. The quantitative estimate of drug-likeness (QED) is 0.518. The lowest BCUT2D eigenvalue weighted by atomic mass is 10.00. The first-order valence-corrected chi connectivity index (χ1v) is 10.2. The topological polar surface area (TPSA) is 73.5 Å². The highest BCUT2D eigenvalue weighted by atomic mass is 19.1. The number of carbonyl (C=O) groups is 2. The zero-order valence-corrected chi connectivity index (χ0v) is 17.8. The summed E-state index contributed by atoms with van der Waals surface area (Å²) < 4.78 is 13.7. The molecule has 32 heavy (non-hydrogen) atoms. The van der Waals surface area contributed by atoms with Gasteiger partial charge in [-0.1, -0.05) is 30.3 Å². The van der Waals surface area contributed by atoms with Crippen molar-refractivity contribution in [2.75, 3.05) is 36.2 Å². The largest absolute Gasteiger partial charge is 0.354 e. The van der Waals surface area contributed by atoms with Crippen LogP contribution in [0.4, 0.5) is 21.5 Å². The molecule has 162 valence electrons. The summed E-state index contributed by atoms with van der Waals surface area (Å²) in [5.74, 6) is -0.759. The molecule has 0 saturated heterocycles. The number of fused-ring (bicyclic) bond motifs is 1. The molecule has 0 radical (unpaired) electrons. The minimum Gasteiger partial charge on any atom is -0.354 e. The van der Waals surface area contributed by atoms with Crippen LogP contribution in [-0.2, 0) is 9.59 Å². The van der Waals surface area contributed by atoms with E-state index in [1.807, 2.05) is 54.6 Å². The summed E-state index contributed by atoms with van der Waals surface area (Å²) in [6.45, 7) is 0.246. The summed E-state index contributed by atoms with van der Waals surface area (Å²) in [6, 6.07) is 21.1. The fraction of sp³-hybridized carbons (Fsp3) is 0.120. The van der Waals surface area contributed by atoms with Crippen LogP contribution in [0.3, 0.4) is 0 Å². The Kier molecular flexibility index (Phi) is 6.00. The normalized spacial score (nSPS) is 13.9. The van der Waals surface area contributed by atoms with Crippen molar-refractivity contribution in [1.29, 1.82) is 0 Å². The van der Waals surface area contributed by atoms with Gasteiger partial charge in [0.25, 0.3) is 5.91 Å². The van der Waals surface area contributed by atoms with Crippen molar-refractivity contribution in [2.24, 2.45) is 0 Å². The molecule has 3 aromatic carbocycles. The highest BCUT2D eigenvalue weighted by Crippen LogP contribution is 2.38. The summed E-state index contributed by atoms with van der Waals surface area (Å²) in [4.78, 5) is 26.5. The fourth-order valence-electron chi connectivity index (χ4n) is 3.60. The van der Waals surface area contributed by atoms with E-state index in [0.717, 1.165) is 16.9 Å². The molecule has 4 rings (SSSR count). The van der Waals surface area contributed by atoms with Gasteiger partial charge in [0.2, 0.25) is 5.91 Å². The number of benzene rings is 3. The van der Waals surface area contributed by atoms with Gasteiger partial charge in [-0.3, -0.25) is 9.59 Å². The number of carbonyl (C=O) groups excluding carboxylic acids is 2. The first-order valence-electron chi connectivity index (χ1n) is 10.2. The molecule has 0 bridgehead atoms. The van der Waals surface area contributed by atoms with Gasteiger partial charge in [-0.2, -0.15) is 0 Å². The van der Waals surface area contributed by atoms with E-state index >= 15 is 0 Å². The Balaban J connectivity index is 1.72. The molecule has 0 aliphatic carbocycles. The number of amides is 2. The van der Waals surface area contributed by atoms with Gasteiger partial charge in [0, 0.05) is 24.0 Å². The molecule has 6 nitrogen and oxygen atoms in total. The van der Waals surface area contributed by atoms with E-state index < -0.39 is 5.82 Å². The van der Waals surface area contributed by atoms with Crippen LogP contribution in [0.1, 0.15) is 11.1 Å². The Hall–Kier alpha value is -3.97. The predicted molar refractivity (Wildman–Crippen MR) is 126 cm³/mol. The van der Waals surface area contributed by atoms with Crippen LogP contribution in [0.25, 0.3) is 11.3 Å². The van der Waals surface area contributed by atoms with Crippen LogP contribution in [-0.4, -0.2) is 32.5 Å². The number of likely N-dealkylation sites (N-methyl/N-ethyl adjacent to an activating group) is 2. The van der Waals surface area contributed by atoms with Gasteiger partial charge in [0.15, 0.2) is 0 Å². The molecular weight excluding hydrogens is 407 g/mol. The second-order valence-corrected chi connectivity index (χ2v) is 7.42. The smallest absolute Gasteiger partial charge is 0.258 e. The molecule has 0 unspecified atom stereocenters. The maximum atomic E-state index is 13.7. The van der Waals surface area contributed by atoms with Gasteiger partial charge in [0.05, 0.1) is 23.5 Å². The number of hydrogen-bond acceptors (Lipinski definition) is 4. The number of rotatable bonds is 6. The lowest BCUT2D eigenvalue weighted by Crippen LogP contribution is -2.34. The Morgan fingerprint density at radius 3 is 2.44 bits per heavy atom. The Bertz CT molecular complexity index is 1190. The Morgan fingerprint density at radius 1 is 1.03 bits per heavy atom. The predicted octanol–water partition coefficient (Wildman–Crippen LogP) is 3.94. The number of nitrogens with zero attached hydrogens (tertiary/aromatic N) is 1. The molecule has 7 heteroatoms. The van der Waals surface area contributed by atoms with Crippen LogP contribution in [0.5, 0.6) is 0 Å². The second-order valence-electron chi connectivity index (χ2n) is 7.42. The zero-order valence-electron chi connectivity index (χ0n) is 17.8. The SMILES string of the molecule is CNCC(=O)N(C)c1ccc(N/C(=C2\C(=O)Nc3cc(F)ccc32)c2ccccc2)cc1. The molecule has 0 spiro atoms. The maximum absolute atomic E-state index is 13.7.